The fraction of sp³-hybridized carbons (Fsp3) is 0.222. The Hall–Kier alpha value is -2.59. The number of carbonyl (C=O) groups excluding carboxylic acids is 2. The van der Waals surface area contributed by atoms with E-state index in [1.165, 1.54) is 24.4 Å². The molecule has 11 heteroatoms. The summed E-state index contributed by atoms with van der Waals surface area (Å²) in [6.45, 7) is 3.99. The molecule has 0 aromatic heterocycles. The summed E-state index contributed by atoms with van der Waals surface area (Å²) in [4.78, 5) is 25.5. The summed E-state index contributed by atoms with van der Waals surface area (Å²) in [5, 5.41) is 7.37. The van der Waals surface area contributed by atoms with E-state index in [-0.39, 0.29) is 10.9 Å². The Labute approximate surface area is 248 Å². The number of nitrogens with one attached hydrogen (secondary N) is 2. The Balaban J connectivity index is 1.66. The van der Waals surface area contributed by atoms with E-state index >= 15 is 0 Å². The van der Waals surface area contributed by atoms with Crippen LogP contribution in [0.25, 0.3) is 0 Å². The summed E-state index contributed by atoms with van der Waals surface area (Å²) in [6.07, 6.45) is 1.47. The van der Waals surface area contributed by atoms with Gasteiger partial charge in [0.2, 0.25) is 0 Å². The van der Waals surface area contributed by atoms with Gasteiger partial charge >= 0.3 is 0 Å². The molecule has 0 bridgehead atoms. The van der Waals surface area contributed by atoms with Gasteiger partial charge in [0.15, 0.2) is 11.5 Å². The number of benzene rings is 3. The average Bonchev–Trinajstić information content (AvgIpc) is 2.88. The third-order valence-electron chi connectivity index (χ3n) is 5.35. The number of hydrogen-bond acceptors (Lipinski definition) is 5. The fourth-order valence-electron chi connectivity index (χ4n) is 3.33. The topological polar surface area (TPSA) is 89.0 Å². The molecule has 2 amide bonds. The number of carbonyl (C=O) groups is 2. The van der Waals surface area contributed by atoms with Gasteiger partial charge in [-0.1, -0.05) is 65.1 Å². The summed E-state index contributed by atoms with van der Waals surface area (Å²) in [6, 6.07) is 15.0. The van der Waals surface area contributed by atoms with E-state index in [1.54, 1.807) is 19.2 Å². The van der Waals surface area contributed by atoms with Crippen molar-refractivity contribution in [2.24, 2.45) is 11.0 Å². The van der Waals surface area contributed by atoms with Crippen LogP contribution in [-0.2, 0) is 11.4 Å². The molecule has 200 valence electrons. The first-order valence-electron chi connectivity index (χ1n) is 11.4. The Kier molecular flexibility index (Phi) is 11.0. The van der Waals surface area contributed by atoms with Crippen molar-refractivity contribution in [1.82, 2.24) is 10.7 Å². The minimum Gasteiger partial charge on any atom is -0.493 e. The third-order valence-corrected chi connectivity index (χ3v) is 7.21. The molecule has 0 radical (unpaired) electrons. The van der Waals surface area contributed by atoms with E-state index in [0.717, 1.165) is 10.0 Å². The Morgan fingerprint density at radius 3 is 2.37 bits per heavy atom. The summed E-state index contributed by atoms with van der Waals surface area (Å²) in [5.74, 6) is -0.0769. The van der Waals surface area contributed by atoms with Gasteiger partial charge in [0.25, 0.3) is 11.8 Å². The van der Waals surface area contributed by atoms with Gasteiger partial charge in [-0.25, -0.2) is 5.43 Å². The molecule has 3 rings (SSSR count). The Morgan fingerprint density at radius 1 is 1.03 bits per heavy atom. The van der Waals surface area contributed by atoms with Crippen LogP contribution in [-0.4, -0.2) is 31.2 Å². The molecule has 0 saturated heterocycles. The lowest BCUT2D eigenvalue weighted by atomic mass is 10.0. The third kappa shape index (κ3) is 8.20. The number of amides is 2. The van der Waals surface area contributed by atoms with Gasteiger partial charge in [-0.15, -0.1) is 0 Å². The maximum atomic E-state index is 12.8. The zero-order chi connectivity index (χ0) is 27.8. The van der Waals surface area contributed by atoms with E-state index in [4.69, 9.17) is 32.7 Å². The number of ether oxygens (including phenoxy) is 2. The molecule has 1 atom stereocenters. The first-order valence-corrected chi connectivity index (χ1v) is 13.8. The standard InChI is InChI=1S/C27H25Br2Cl2N3O4/c1-15(2)24(33-26(35)18-6-9-21(30)22(31)12-18)27(36)34-32-13-17-10-20(29)25(23(11-17)37-3)38-14-16-4-7-19(28)8-5-16/h4-13,15,24H,14H2,1-3H3,(H,33,35)(H,34,36)/b32-13+. The SMILES string of the molecule is COc1cc(/C=N/NC(=O)C(NC(=O)c2ccc(Cl)c(Cl)c2)C(C)C)cc(Br)c1OCc1ccc(Br)cc1. The van der Waals surface area contributed by atoms with Gasteiger partial charge in [0.05, 0.1) is 27.8 Å². The maximum absolute atomic E-state index is 12.8. The summed E-state index contributed by atoms with van der Waals surface area (Å²) in [5.41, 5.74) is 4.44. The van der Waals surface area contributed by atoms with Gasteiger partial charge < -0.3 is 14.8 Å². The van der Waals surface area contributed by atoms with Crippen LogP contribution in [0.5, 0.6) is 11.5 Å². The zero-order valence-corrected chi connectivity index (χ0v) is 25.4. The molecule has 0 aliphatic heterocycles. The van der Waals surface area contributed by atoms with Crippen LogP contribution >= 0.6 is 55.1 Å². The zero-order valence-electron chi connectivity index (χ0n) is 20.7. The molecule has 7 nitrogen and oxygen atoms in total. The van der Waals surface area contributed by atoms with E-state index in [2.05, 4.69) is 47.7 Å². The number of hydrazone groups is 1. The molecule has 3 aromatic rings. The van der Waals surface area contributed by atoms with Gasteiger partial charge in [-0.3, -0.25) is 9.59 Å². The molecule has 1 unspecified atom stereocenters. The molecule has 38 heavy (non-hydrogen) atoms. The normalized spacial score (nSPS) is 11.9. The molecular formula is C27H25Br2Cl2N3O4. The van der Waals surface area contributed by atoms with Gasteiger partial charge in [-0.2, -0.15) is 5.10 Å². The van der Waals surface area contributed by atoms with Crippen molar-refractivity contribution >= 4 is 73.1 Å². The molecule has 0 aliphatic rings. The second kappa shape index (κ2) is 14.0. The molecule has 2 N–H and O–H groups in total. The lowest BCUT2D eigenvalue weighted by molar-refractivity contribution is -0.123. The molecule has 0 aliphatic carbocycles. The number of nitrogens with zero attached hydrogens (tertiary/aromatic N) is 1. The van der Waals surface area contributed by atoms with Crippen LogP contribution in [0, 0.1) is 5.92 Å². The summed E-state index contributed by atoms with van der Waals surface area (Å²) in [7, 11) is 1.54. The molecule has 0 heterocycles. The minimum absolute atomic E-state index is 0.201. The van der Waals surface area contributed by atoms with Crippen molar-refractivity contribution < 1.29 is 19.1 Å². The lowest BCUT2D eigenvalue weighted by Crippen LogP contribution is -2.48. The molecule has 0 spiro atoms. The molecular weight excluding hydrogens is 661 g/mol. The number of rotatable bonds is 10. The number of hydrogen-bond donors (Lipinski definition) is 2. The molecule has 0 saturated carbocycles. The second-order valence-corrected chi connectivity index (χ2v) is 11.1. The predicted octanol–water partition coefficient (Wildman–Crippen LogP) is 7.01. The quantitative estimate of drug-likeness (QED) is 0.178. The van der Waals surface area contributed by atoms with Crippen LogP contribution in [0.3, 0.4) is 0 Å². The predicted molar refractivity (Wildman–Crippen MR) is 157 cm³/mol. The van der Waals surface area contributed by atoms with Crippen LogP contribution in [0.15, 0.2) is 68.6 Å². The van der Waals surface area contributed by atoms with Crippen molar-refractivity contribution in [1.29, 1.82) is 0 Å². The first-order chi connectivity index (χ1) is 18.1. The van der Waals surface area contributed by atoms with Gasteiger partial charge in [0, 0.05) is 10.0 Å². The Bertz CT molecular complexity index is 1330. The highest BCUT2D eigenvalue weighted by atomic mass is 79.9. The second-order valence-electron chi connectivity index (χ2n) is 8.51. The summed E-state index contributed by atoms with van der Waals surface area (Å²) >= 11 is 18.9. The monoisotopic (exact) mass is 683 g/mol. The lowest BCUT2D eigenvalue weighted by Gasteiger charge is -2.20. The van der Waals surface area contributed by atoms with Crippen LogP contribution in [0.2, 0.25) is 10.0 Å². The van der Waals surface area contributed by atoms with Gasteiger partial charge in [-0.05, 0) is 75.4 Å². The van der Waals surface area contributed by atoms with Crippen molar-refractivity contribution in [3.8, 4) is 11.5 Å². The van der Waals surface area contributed by atoms with Crippen LogP contribution in [0.1, 0.15) is 35.3 Å². The van der Waals surface area contributed by atoms with E-state index < -0.39 is 17.9 Å². The highest BCUT2D eigenvalue weighted by Crippen LogP contribution is 2.37. The molecule has 3 aromatic carbocycles. The fourth-order valence-corrected chi connectivity index (χ4v) is 4.46. The van der Waals surface area contributed by atoms with Gasteiger partial charge in [0.1, 0.15) is 12.6 Å². The Morgan fingerprint density at radius 2 is 1.74 bits per heavy atom. The highest BCUT2D eigenvalue weighted by Gasteiger charge is 2.25. The number of methoxy groups -OCH3 is 1. The smallest absolute Gasteiger partial charge is 0.262 e. The highest BCUT2D eigenvalue weighted by molar-refractivity contribution is 9.10. The number of halogens is 4. The van der Waals surface area contributed by atoms with Crippen molar-refractivity contribution in [3.05, 3.63) is 90.3 Å². The van der Waals surface area contributed by atoms with Crippen molar-refractivity contribution in [3.63, 3.8) is 0 Å². The van der Waals surface area contributed by atoms with Crippen molar-refractivity contribution in [2.45, 2.75) is 26.5 Å². The van der Waals surface area contributed by atoms with E-state index in [0.29, 0.717) is 38.7 Å². The molecule has 0 fully saturated rings. The van der Waals surface area contributed by atoms with Crippen molar-refractivity contribution in [2.75, 3.05) is 7.11 Å². The summed E-state index contributed by atoms with van der Waals surface area (Å²) < 4.78 is 13.1. The first kappa shape index (κ1) is 30.0. The maximum Gasteiger partial charge on any atom is 0.262 e. The average molecular weight is 686 g/mol. The van der Waals surface area contributed by atoms with E-state index in [1.807, 2.05) is 38.1 Å². The largest absolute Gasteiger partial charge is 0.493 e. The van der Waals surface area contributed by atoms with E-state index in [9.17, 15) is 9.59 Å². The minimum atomic E-state index is -0.829. The van der Waals surface area contributed by atoms with Crippen LogP contribution < -0.4 is 20.2 Å². The van der Waals surface area contributed by atoms with Crippen LogP contribution in [0.4, 0.5) is 0 Å².